The summed E-state index contributed by atoms with van der Waals surface area (Å²) < 4.78 is 10.5. The highest BCUT2D eigenvalue weighted by atomic mass is 16.6. The molecule has 0 aromatic rings. The fourth-order valence-electron chi connectivity index (χ4n) is 5.90. The Hall–Kier alpha value is -3.99. The predicted molar refractivity (Wildman–Crippen MR) is 195 cm³/mol. The summed E-state index contributed by atoms with van der Waals surface area (Å²) >= 11 is 0. The van der Waals surface area contributed by atoms with Gasteiger partial charge in [0, 0.05) is 11.1 Å². The van der Waals surface area contributed by atoms with Crippen LogP contribution in [-0.4, -0.2) is 104 Å². The topological polar surface area (TPSA) is 233 Å². The maximum Gasteiger partial charge on any atom is 0.408 e. The number of hydroxylamine groups is 2. The van der Waals surface area contributed by atoms with E-state index in [-0.39, 0.29) is 12.8 Å². The van der Waals surface area contributed by atoms with Gasteiger partial charge in [-0.3, -0.25) is 24.0 Å². The molecule has 1 saturated heterocycles. The quantitative estimate of drug-likeness (QED) is 0.158. The minimum Gasteiger partial charge on any atom is -0.458 e. The lowest BCUT2D eigenvalue weighted by molar-refractivity contribution is -0.295. The Morgan fingerprint density at radius 1 is 0.585 bits per heavy atom. The summed E-state index contributed by atoms with van der Waals surface area (Å²) in [4.78, 5) is 92.4. The van der Waals surface area contributed by atoms with E-state index in [1.54, 1.807) is 69.2 Å². The van der Waals surface area contributed by atoms with Gasteiger partial charge in [-0.05, 0) is 131 Å². The molecule has 1 aliphatic rings. The lowest BCUT2D eigenvalue weighted by atomic mass is 9.69. The molecule has 1 radical (unpaired) electrons. The molecular weight excluding hydrogens is 690 g/mol. The third-order valence-corrected chi connectivity index (χ3v) is 8.34. The van der Waals surface area contributed by atoms with Crippen LogP contribution in [0.3, 0.4) is 0 Å². The number of carbonyl (C=O) groups excluding carboxylic acids is 7. The van der Waals surface area contributed by atoms with E-state index < -0.39 is 98.6 Å². The van der Waals surface area contributed by atoms with Crippen LogP contribution in [0, 0.1) is 0 Å². The predicted octanol–water partition coefficient (Wildman–Crippen LogP) is 1.89. The molecule has 0 aromatic carbocycles. The number of rotatable bonds is 12. The number of hydrogen-bond donors (Lipinski definition) is 6. The van der Waals surface area contributed by atoms with Crippen LogP contribution in [0.15, 0.2) is 0 Å². The standard InChI is InChI=1S/C36H64N7O10/c1-20(23(44)40-34(14,15)26(47)38-22(3)25(46)52-30(4,5)6)37-28(49)36(18-32(10,11)43(51)33(12,13)19-36)42-27(48)35(16,17)41-24(45)21(2)39-29(50)53-31(7,8)9/h20-22H,18-19H2,1-17H3,(H,37,49)(H,38,47)(H,39,50)(H,40,44)(H,41,45)(H,42,48)/t20-,21-,22-/m0/s1. The van der Waals surface area contributed by atoms with Gasteiger partial charge < -0.3 is 41.4 Å². The van der Waals surface area contributed by atoms with E-state index in [0.717, 1.165) is 5.06 Å². The second-order valence-electron chi connectivity index (χ2n) is 18.3. The van der Waals surface area contributed by atoms with Gasteiger partial charge in [-0.25, -0.2) is 9.59 Å². The molecule has 6 N–H and O–H groups in total. The summed E-state index contributed by atoms with van der Waals surface area (Å²) in [6, 6.07) is -3.35. The van der Waals surface area contributed by atoms with Crippen LogP contribution in [-0.2, 0) is 43.4 Å². The van der Waals surface area contributed by atoms with Crippen molar-refractivity contribution in [2.75, 3.05) is 0 Å². The number of amides is 6. The molecule has 0 aliphatic carbocycles. The Bertz CT molecular complexity index is 1410. The van der Waals surface area contributed by atoms with Crippen LogP contribution in [0.25, 0.3) is 0 Å². The summed E-state index contributed by atoms with van der Waals surface area (Å²) in [5.74, 6) is -4.34. The van der Waals surface area contributed by atoms with Crippen molar-refractivity contribution in [3.63, 3.8) is 0 Å². The number of ether oxygens (including phenoxy) is 2. The van der Waals surface area contributed by atoms with E-state index in [9.17, 15) is 38.8 Å². The first-order valence-corrected chi connectivity index (χ1v) is 17.8. The van der Waals surface area contributed by atoms with Crippen LogP contribution in [0.2, 0.25) is 0 Å². The van der Waals surface area contributed by atoms with Gasteiger partial charge in [0.15, 0.2) is 0 Å². The SMILES string of the molecule is C[C@H](NC(=O)OC(C)(C)C)C(=O)NC(C)(C)C(=O)NC1(C(=O)N[C@@H](C)C(=O)NC(C)(C)C(=O)N[C@@H](C)C(=O)OC(C)(C)C)CC(C)(C)N([O])C(C)(C)C1. The molecule has 0 bridgehead atoms. The number of nitrogens with one attached hydrogen (secondary N) is 6. The molecular formula is C36H64N7O10. The molecule has 0 aromatic heterocycles. The Labute approximate surface area is 314 Å². The second kappa shape index (κ2) is 16.2. The molecule has 3 atom stereocenters. The number of hydrogen-bond acceptors (Lipinski definition) is 10. The average molecular weight is 755 g/mol. The van der Waals surface area contributed by atoms with E-state index in [2.05, 4.69) is 31.9 Å². The van der Waals surface area contributed by atoms with Gasteiger partial charge in [0.1, 0.15) is 45.9 Å². The van der Waals surface area contributed by atoms with Gasteiger partial charge in [-0.2, -0.15) is 0 Å². The first-order chi connectivity index (χ1) is 23.5. The Morgan fingerprint density at radius 2 is 0.981 bits per heavy atom. The molecule has 1 heterocycles. The summed E-state index contributed by atoms with van der Waals surface area (Å²) in [6.07, 6.45) is -1.17. The minimum absolute atomic E-state index is 0.171. The Kier molecular flexibility index (Phi) is 14.3. The van der Waals surface area contributed by atoms with Crippen LogP contribution >= 0.6 is 0 Å². The number of esters is 1. The molecule has 1 fully saturated rings. The van der Waals surface area contributed by atoms with Gasteiger partial charge in [0.05, 0.1) is 0 Å². The third kappa shape index (κ3) is 13.4. The lowest BCUT2D eigenvalue weighted by Gasteiger charge is -2.55. The van der Waals surface area contributed by atoms with Gasteiger partial charge >= 0.3 is 12.1 Å². The van der Waals surface area contributed by atoms with Crippen LogP contribution in [0.1, 0.15) is 131 Å². The zero-order valence-electron chi connectivity index (χ0n) is 34.7. The maximum atomic E-state index is 14.3. The van der Waals surface area contributed by atoms with Crippen molar-refractivity contribution in [2.45, 2.75) is 188 Å². The molecule has 17 nitrogen and oxygen atoms in total. The van der Waals surface area contributed by atoms with Crippen LogP contribution in [0.4, 0.5) is 4.79 Å². The van der Waals surface area contributed by atoms with Crippen molar-refractivity contribution in [1.82, 2.24) is 37.0 Å². The van der Waals surface area contributed by atoms with E-state index in [1.165, 1.54) is 48.5 Å². The molecule has 1 rings (SSSR count). The van der Waals surface area contributed by atoms with Crippen molar-refractivity contribution < 1.29 is 48.2 Å². The monoisotopic (exact) mass is 754 g/mol. The third-order valence-electron chi connectivity index (χ3n) is 8.34. The summed E-state index contributed by atoms with van der Waals surface area (Å²) in [5, 5.41) is 29.8. The van der Waals surface area contributed by atoms with E-state index in [0.29, 0.717) is 0 Å². The Morgan fingerprint density at radius 3 is 1.40 bits per heavy atom. The van der Waals surface area contributed by atoms with Gasteiger partial charge in [0.25, 0.3) is 0 Å². The lowest BCUT2D eigenvalue weighted by Crippen LogP contribution is -2.75. The minimum atomic E-state index is -1.75. The smallest absolute Gasteiger partial charge is 0.408 e. The van der Waals surface area contributed by atoms with Crippen LogP contribution in [0.5, 0.6) is 0 Å². The van der Waals surface area contributed by atoms with Crippen molar-refractivity contribution in [3.8, 4) is 0 Å². The molecule has 303 valence electrons. The molecule has 0 unspecified atom stereocenters. The molecule has 0 saturated carbocycles. The highest BCUT2D eigenvalue weighted by molar-refractivity contribution is 6.00. The largest absolute Gasteiger partial charge is 0.458 e. The number of piperidine rings is 1. The average Bonchev–Trinajstić information content (AvgIpc) is 2.92. The first-order valence-electron chi connectivity index (χ1n) is 17.8. The number of carbonyl (C=O) groups is 7. The Balaban J connectivity index is 3.27. The molecule has 6 amide bonds. The first kappa shape index (κ1) is 47.0. The summed E-state index contributed by atoms with van der Waals surface area (Å²) in [5.41, 5.74) is -8.86. The molecule has 0 spiro atoms. The van der Waals surface area contributed by atoms with E-state index in [4.69, 9.17) is 9.47 Å². The summed E-state index contributed by atoms with van der Waals surface area (Å²) in [6.45, 7) is 26.5. The number of nitrogens with zero attached hydrogens (tertiary/aromatic N) is 1. The zero-order valence-corrected chi connectivity index (χ0v) is 34.7. The fraction of sp³-hybridized carbons (Fsp3) is 0.806. The van der Waals surface area contributed by atoms with Crippen molar-refractivity contribution in [1.29, 1.82) is 0 Å². The zero-order chi connectivity index (χ0) is 41.9. The molecule has 53 heavy (non-hydrogen) atoms. The maximum absolute atomic E-state index is 14.3. The highest BCUT2D eigenvalue weighted by Crippen LogP contribution is 2.43. The van der Waals surface area contributed by atoms with Crippen molar-refractivity contribution >= 4 is 41.6 Å². The molecule has 17 heteroatoms. The fourth-order valence-corrected chi connectivity index (χ4v) is 5.90. The van der Waals surface area contributed by atoms with Gasteiger partial charge in [-0.15, -0.1) is 10.3 Å². The van der Waals surface area contributed by atoms with Crippen LogP contribution < -0.4 is 31.9 Å². The van der Waals surface area contributed by atoms with Gasteiger partial charge in [-0.1, -0.05) is 0 Å². The van der Waals surface area contributed by atoms with Crippen molar-refractivity contribution in [3.05, 3.63) is 0 Å². The highest BCUT2D eigenvalue weighted by Gasteiger charge is 2.58. The molecule has 1 aliphatic heterocycles. The van der Waals surface area contributed by atoms with E-state index >= 15 is 0 Å². The number of alkyl carbamates (subject to hydrolysis) is 1. The summed E-state index contributed by atoms with van der Waals surface area (Å²) in [7, 11) is 0. The second-order valence-corrected chi connectivity index (χ2v) is 18.3. The van der Waals surface area contributed by atoms with E-state index in [1.807, 2.05) is 0 Å². The van der Waals surface area contributed by atoms with Gasteiger partial charge in [0.2, 0.25) is 29.5 Å². The van der Waals surface area contributed by atoms with Crippen molar-refractivity contribution in [2.24, 2.45) is 0 Å². The normalized spacial score (nSPS) is 18.9.